The second kappa shape index (κ2) is 8.19. The van der Waals surface area contributed by atoms with E-state index in [0.29, 0.717) is 12.5 Å². The quantitative estimate of drug-likeness (QED) is 0.553. The summed E-state index contributed by atoms with van der Waals surface area (Å²) in [6.07, 6.45) is 8.90. The Balaban J connectivity index is 2.31. The molecule has 1 aliphatic heterocycles. The molecule has 0 saturated carbocycles. The minimum Gasteiger partial charge on any atom is -0.394 e. The fourth-order valence-corrected chi connectivity index (χ4v) is 2.38. The van der Waals surface area contributed by atoms with Gasteiger partial charge in [-0.1, -0.05) is 25.5 Å². The smallest absolute Gasteiger partial charge is 0.0898 e. The van der Waals surface area contributed by atoms with Crippen molar-refractivity contribution in [1.29, 1.82) is 0 Å². The lowest BCUT2D eigenvalue weighted by Crippen LogP contribution is -2.26. The Hall–Kier alpha value is 0.0500. The molecule has 4 unspecified atom stereocenters. The molecule has 3 nitrogen and oxygen atoms in total. The van der Waals surface area contributed by atoms with Crippen molar-refractivity contribution in [3.05, 3.63) is 12.2 Å². The molecule has 4 heteroatoms. The van der Waals surface area contributed by atoms with Crippen LogP contribution in [0.4, 0.5) is 0 Å². The molecule has 0 aromatic rings. The lowest BCUT2D eigenvalue weighted by Gasteiger charge is -2.19. The molecular weight excluding hydrogens is 223 g/mol. The van der Waals surface area contributed by atoms with Crippen LogP contribution in [0.25, 0.3) is 0 Å². The molecule has 0 spiro atoms. The number of allylic oxidation sites excluding steroid dienone is 2. The van der Waals surface area contributed by atoms with E-state index in [1.807, 2.05) is 0 Å². The summed E-state index contributed by atoms with van der Waals surface area (Å²) in [6.45, 7) is 2.86. The number of aliphatic hydroxyl groups excluding tert-OH is 1. The average Bonchev–Trinajstić information content (AvgIpc) is 2.71. The second-order valence-electron chi connectivity index (χ2n) is 4.23. The van der Waals surface area contributed by atoms with E-state index in [2.05, 4.69) is 28.5 Å². The standard InChI is InChI=1S/C12H23O3P/c1-2-3-4-5-6-7-10-11(8-13)14-9-12(10)15-16/h4-5,10-13H,2-3,6-9,16H2,1H3/b5-4+. The van der Waals surface area contributed by atoms with Crippen LogP contribution < -0.4 is 0 Å². The van der Waals surface area contributed by atoms with Gasteiger partial charge in [0, 0.05) is 15.4 Å². The number of unbranched alkanes of at least 4 members (excludes halogenated alkanes) is 1. The summed E-state index contributed by atoms with van der Waals surface area (Å²) in [4.78, 5) is 0. The van der Waals surface area contributed by atoms with Crippen LogP contribution in [0.1, 0.15) is 32.6 Å². The predicted molar refractivity (Wildman–Crippen MR) is 68.2 cm³/mol. The zero-order valence-electron chi connectivity index (χ0n) is 9.97. The minimum atomic E-state index is -0.0508. The topological polar surface area (TPSA) is 38.7 Å². The average molecular weight is 246 g/mol. The molecule has 0 amide bonds. The van der Waals surface area contributed by atoms with Gasteiger partial charge in [-0.3, -0.25) is 0 Å². The maximum absolute atomic E-state index is 9.19. The fraction of sp³-hybridized carbons (Fsp3) is 0.833. The lowest BCUT2D eigenvalue weighted by atomic mass is 9.94. The predicted octanol–water partition coefficient (Wildman–Crippen LogP) is 2.31. The minimum absolute atomic E-state index is 0.0508. The normalized spacial score (nSPS) is 30.3. The van der Waals surface area contributed by atoms with Crippen LogP contribution in [0.3, 0.4) is 0 Å². The Bertz CT molecular complexity index is 196. The first-order valence-corrected chi connectivity index (χ1v) is 6.53. The highest BCUT2D eigenvalue weighted by Crippen LogP contribution is 2.29. The maximum atomic E-state index is 9.19. The molecule has 1 fully saturated rings. The van der Waals surface area contributed by atoms with Gasteiger partial charge in [-0.05, 0) is 19.3 Å². The molecule has 0 aliphatic carbocycles. The van der Waals surface area contributed by atoms with Gasteiger partial charge in [0.05, 0.1) is 25.4 Å². The number of hydrogen-bond acceptors (Lipinski definition) is 3. The molecule has 16 heavy (non-hydrogen) atoms. The van der Waals surface area contributed by atoms with Crippen molar-refractivity contribution in [2.24, 2.45) is 5.92 Å². The molecule has 4 atom stereocenters. The Morgan fingerprint density at radius 2 is 2.19 bits per heavy atom. The van der Waals surface area contributed by atoms with Gasteiger partial charge in [-0.15, -0.1) is 0 Å². The van der Waals surface area contributed by atoms with Gasteiger partial charge in [0.2, 0.25) is 0 Å². The molecule has 1 N–H and O–H groups in total. The van der Waals surface area contributed by atoms with E-state index in [0.717, 1.165) is 19.3 Å². The summed E-state index contributed by atoms with van der Waals surface area (Å²) in [6, 6.07) is 0. The van der Waals surface area contributed by atoms with Crippen LogP contribution in [0.15, 0.2) is 12.2 Å². The second-order valence-corrected chi connectivity index (χ2v) is 4.50. The first-order valence-electron chi connectivity index (χ1n) is 6.06. The zero-order valence-corrected chi connectivity index (χ0v) is 11.1. The van der Waals surface area contributed by atoms with Crippen LogP contribution in [-0.2, 0) is 9.26 Å². The first-order chi connectivity index (χ1) is 7.83. The molecule has 0 radical (unpaired) electrons. The lowest BCUT2D eigenvalue weighted by molar-refractivity contribution is 0.0383. The highest BCUT2D eigenvalue weighted by Gasteiger charge is 2.36. The molecule has 94 valence electrons. The molecule has 0 bridgehead atoms. The first kappa shape index (κ1) is 14.1. The van der Waals surface area contributed by atoms with Crippen LogP contribution in [0.2, 0.25) is 0 Å². The number of ether oxygens (including phenoxy) is 1. The Morgan fingerprint density at radius 1 is 1.44 bits per heavy atom. The van der Waals surface area contributed by atoms with Gasteiger partial charge < -0.3 is 14.4 Å². The van der Waals surface area contributed by atoms with Gasteiger partial charge in [0.1, 0.15) is 0 Å². The highest BCUT2D eigenvalue weighted by molar-refractivity contribution is 7.09. The van der Waals surface area contributed by atoms with Crippen molar-refractivity contribution < 1.29 is 14.4 Å². The third-order valence-corrected chi connectivity index (χ3v) is 3.42. The molecule has 0 aromatic heterocycles. The number of aliphatic hydroxyl groups is 1. The van der Waals surface area contributed by atoms with E-state index < -0.39 is 0 Å². The Morgan fingerprint density at radius 3 is 2.81 bits per heavy atom. The van der Waals surface area contributed by atoms with E-state index >= 15 is 0 Å². The van der Waals surface area contributed by atoms with Gasteiger partial charge in [-0.2, -0.15) is 0 Å². The zero-order chi connectivity index (χ0) is 11.8. The summed E-state index contributed by atoms with van der Waals surface area (Å²) in [5.41, 5.74) is 0. The van der Waals surface area contributed by atoms with E-state index in [-0.39, 0.29) is 18.8 Å². The third-order valence-electron chi connectivity index (χ3n) is 3.07. The molecule has 1 heterocycles. The van der Waals surface area contributed by atoms with Crippen LogP contribution in [0.5, 0.6) is 0 Å². The third kappa shape index (κ3) is 4.14. The maximum Gasteiger partial charge on any atom is 0.0898 e. The summed E-state index contributed by atoms with van der Waals surface area (Å²) in [5.74, 6) is 0.314. The summed E-state index contributed by atoms with van der Waals surface area (Å²) in [5, 5.41) is 9.19. The van der Waals surface area contributed by atoms with Crippen LogP contribution in [0, 0.1) is 5.92 Å². The van der Waals surface area contributed by atoms with Gasteiger partial charge in [-0.25, -0.2) is 0 Å². The molecule has 0 aromatic carbocycles. The Kier molecular flexibility index (Phi) is 7.22. The SMILES string of the molecule is CCC/C=C/CCC1C(OP)COC1CO. The Labute approximate surface area is 100 Å². The van der Waals surface area contributed by atoms with Gasteiger partial charge in [0.15, 0.2) is 0 Å². The van der Waals surface area contributed by atoms with Crippen molar-refractivity contribution in [3.63, 3.8) is 0 Å². The molecular formula is C12H23O3P. The molecule has 1 saturated heterocycles. The van der Waals surface area contributed by atoms with Gasteiger partial charge >= 0.3 is 0 Å². The van der Waals surface area contributed by atoms with E-state index in [1.54, 1.807) is 0 Å². The summed E-state index contributed by atoms with van der Waals surface area (Å²) in [7, 11) is 2.30. The number of hydrogen-bond donors (Lipinski definition) is 1. The van der Waals surface area contributed by atoms with E-state index in [1.165, 1.54) is 6.42 Å². The van der Waals surface area contributed by atoms with E-state index in [4.69, 9.17) is 9.26 Å². The summed E-state index contributed by atoms with van der Waals surface area (Å²) >= 11 is 0. The van der Waals surface area contributed by atoms with Crippen molar-refractivity contribution >= 4 is 9.47 Å². The van der Waals surface area contributed by atoms with Gasteiger partial charge in [0.25, 0.3) is 0 Å². The van der Waals surface area contributed by atoms with Crippen molar-refractivity contribution in [3.8, 4) is 0 Å². The largest absolute Gasteiger partial charge is 0.394 e. The monoisotopic (exact) mass is 246 g/mol. The molecule has 1 aliphatic rings. The summed E-state index contributed by atoms with van der Waals surface area (Å²) < 4.78 is 10.8. The number of rotatable bonds is 7. The van der Waals surface area contributed by atoms with Crippen LogP contribution >= 0.6 is 9.47 Å². The van der Waals surface area contributed by atoms with Crippen LogP contribution in [-0.4, -0.2) is 30.5 Å². The van der Waals surface area contributed by atoms with E-state index in [9.17, 15) is 5.11 Å². The molecule has 1 rings (SSSR count). The fourth-order valence-electron chi connectivity index (χ4n) is 2.10. The van der Waals surface area contributed by atoms with Crippen molar-refractivity contribution in [2.45, 2.75) is 44.8 Å². The van der Waals surface area contributed by atoms with Crippen molar-refractivity contribution in [1.82, 2.24) is 0 Å². The van der Waals surface area contributed by atoms with Crippen molar-refractivity contribution in [2.75, 3.05) is 13.2 Å². The highest BCUT2D eigenvalue weighted by atomic mass is 31.0.